The van der Waals surface area contributed by atoms with Gasteiger partial charge in [-0.1, -0.05) is 6.07 Å². The van der Waals surface area contributed by atoms with Crippen molar-refractivity contribution in [3.05, 3.63) is 82.7 Å². The Hall–Kier alpha value is -4.24. The smallest absolute Gasteiger partial charge is 0.335 e. The number of benzene rings is 2. The van der Waals surface area contributed by atoms with Crippen LogP contribution in [-0.4, -0.2) is 37.7 Å². The van der Waals surface area contributed by atoms with Gasteiger partial charge in [0.2, 0.25) is 0 Å². The number of nitrogens with zero attached hydrogens (tertiary/aromatic N) is 2. The number of hydrogen-bond acceptors (Lipinski definition) is 5. The summed E-state index contributed by atoms with van der Waals surface area (Å²) in [5, 5.41) is 21.2. The van der Waals surface area contributed by atoms with Gasteiger partial charge in [0, 0.05) is 17.1 Å². The molecule has 1 aliphatic rings. The summed E-state index contributed by atoms with van der Waals surface area (Å²) in [6.45, 7) is 3.75. The fraction of sp³-hybridized carbons (Fsp3) is 0.0833. The molecule has 8 nitrogen and oxygen atoms in total. The van der Waals surface area contributed by atoms with Gasteiger partial charge in [-0.25, -0.2) is 4.79 Å². The third kappa shape index (κ3) is 4.01. The molecule has 166 valence electrons. The van der Waals surface area contributed by atoms with Gasteiger partial charge in [0.25, 0.3) is 11.8 Å². The molecule has 2 amide bonds. The predicted octanol–water partition coefficient (Wildman–Crippen LogP) is 3.33. The number of hydrogen-bond donors (Lipinski definition) is 3. The third-order valence-corrected chi connectivity index (χ3v) is 5.62. The number of phenolic OH excluding ortho intramolecular Hbond substituents is 1. The SMILES string of the molecule is Cc1cc(C=C2C(=O)NC(=S)N(c3cccc(C(=O)O)c3)C2=O)c(C)n1-c1ccc(O)cc1. The van der Waals surface area contributed by atoms with Crippen molar-refractivity contribution in [3.63, 3.8) is 0 Å². The highest BCUT2D eigenvalue weighted by Gasteiger charge is 2.35. The zero-order chi connectivity index (χ0) is 23.9. The number of thiocarbonyl (C=S) groups is 1. The van der Waals surface area contributed by atoms with E-state index >= 15 is 0 Å². The predicted molar refractivity (Wildman–Crippen MR) is 127 cm³/mol. The molecule has 1 aliphatic heterocycles. The number of nitrogens with one attached hydrogen (secondary N) is 1. The third-order valence-electron chi connectivity index (χ3n) is 5.33. The Bertz CT molecular complexity index is 1350. The van der Waals surface area contributed by atoms with Gasteiger partial charge in [-0.3, -0.25) is 19.8 Å². The number of aromatic nitrogens is 1. The van der Waals surface area contributed by atoms with E-state index in [9.17, 15) is 24.6 Å². The highest BCUT2D eigenvalue weighted by Crippen LogP contribution is 2.27. The van der Waals surface area contributed by atoms with Crippen molar-refractivity contribution in [2.45, 2.75) is 13.8 Å². The Morgan fingerprint density at radius 1 is 1.03 bits per heavy atom. The van der Waals surface area contributed by atoms with E-state index in [-0.39, 0.29) is 27.7 Å². The van der Waals surface area contributed by atoms with Crippen LogP contribution in [0.3, 0.4) is 0 Å². The molecular weight excluding hydrogens is 442 g/mol. The molecule has 0 aliphatic carbocycles. The number of aromatic hydroxyl groups is 1. The average Bonchev–Trinajstić information content (AvgIpc) is 3.05. The van der Waals surface area contributed by atoms with Gasteiger partial charge in [0.15, 0.2) is 5.11 Å². The first-order valence-corrected chi connectivity index (χ1v) is 10.3. The van der Waals surface area contributed by atoms with Crippen molar-refractivity contribution in [2.75, 3.05) is 4.90 Å². The van der Waals surface area contributed by atoms with Crippen molar-refractivity contribution in [2.24, 2.45) is 0 Å². The lowest BCUT2D eigenvalue weighted by Crippen LogP contribution is -2.54. The summed E-state index contributed by atoms with van der Waals surface area (Å²) >= 11 is 5.19. The number of carbonyl (C=O) groups excluding carboxylic acids is 2. The summed E-state index contributed by atoms with van der Waals surface area (Å²) < 4.78 is 1.94. The molecule has 1 saturated heterocycles. The normalized spacial score (nSPS) is 15.2. The molecule has 0 unspecified atom stereocenters. The topological polar surface area (TPSA) is 112 Å². The number of carboxylic acids is 1. The Labute approximate surface area is 194 Å². The van der Waals surface area contributed by atoms with Crippen LogP contribution in [0.25, 0.3) is 11.8 Å². The van der Waals surface area contributed by atoms with Crippen LogP contribution in [-0.2, 0) is 9.59 Å². The van der Waals surface area contributed by atoms with Crippen LogP contribution >= 0.6 is 12.2 Å². The van der Waals surface area contributed by atoms with Crippen LogP contribution in [0.15, 0.2) is 60.2 Å². The van der Waals surface area contributed by atoms with E-state index in [4.69, 9.17) is 12.2 Å². The number of carboxylic acid groups (broad SMARTS) is 1. The van der Waals surface area contributed by atoms with Gasteiger partial charge in [-0.2, -0.15) is 0 Å². The first-order chi connectivity index (χ1) is 15.7. The minimum atomic E-state index is -1.14. The average molecular weight is 461 g/mol. The van der Waals surface area contributed by atoms with Crippen molar-refractivity contribution in [1.82, 2.24) is 9.88 Å². The highest BCUT2D eigenvalue weighted by molar-refractivity contribution is 7.80. The Morgan fingerprint density at radius 2 is 1.73 bits per heavy atom. The molecular formula is C24H19N3O5S. The Morgan fingerprint density at radius 3 is 2.39 bits per heavy atom. The van der Waals surface area contributed by atoms with E-state index < -0.39 is 17.8 Å². The molecule has 4 rings (SSSR count). The monoisotopic (exact) mass is 461 g/mol. The van der Waals surface area contributed by atoms with E-state index in [1.54, 1.807) is 30.3 Å². The minimum absolute atomic E-state index is 0.0111. The zero-order valence-corrected chi connectivity index (χ0v) is 18.5. The standard InChI is InChI=1S/C24H19N3O5S/c1-13-10-16(14(2)26(13)17-6-8-19(28)9-7-17)12-20-21(29)25-24(33)27(22(20)30)18-5-3-4-15(11-18)23(31)32/h3-12,28H,1-2H3,(H,31,32)(H,25,29,33). The first-order valence-electron chi connectivity index (χ1n) is 9.90. The molecule has 0 radical (unpaired) electrons. The summed E-state index contributed by atoms with van der Waals surface area (Å²) in [4.78, 5) is 38.3. The molecule has 0 bridgehead atoms. The summed E-state index contributed by atoms with van der Waals surface area (Å²) in [5.41, 5.74) is 3.24. The molecule has 3 aromatic rings. The number of aryl methyl sites for hydroxylation is 1. The number of aromatic carboxylic acids is 1. The van der Waals surface area contributed by atoms with Crippen LogP contribution in [0.1, 0.15) is 27.3 Å². The maximum atomic E-state index is 13.3. The first kappa shape index (κ1) is 22.0. The van der Waals surface area contributed by atoms with Gasteiger partial charge >= 0.3 is 5.97 Å². The van der Waals surface area contributed by atoms with Gasteiger partial charge in [0.1, 0.15) is 11.3 Å². The van der Waals surface area contributed by atoms with E-state index in [1.165, 1.54) is 24.3 Å². The van der Waals surface area contributed by atoms with E-state index in [0.29, 0.717) is 5.56 Å². The molecule has 1 aromatic heterocycles. The van der Waals surface area contributed by atoms with Crippen LogP contribution in [0.2, 0.25) is 0 Å². The van der Waals surface area contributed by atoms with Crippen LogP contribution < -0.4 is 10.2 Å². The molecule has 2 aromatic carbocycles. The lowest BCUT2D eigenvalue weighted by Gasteiger charge is -2.29. The maximum Gasteiger partial charge on any atom is 0.335 e. The second-order valence-corrected chi connectivity index (χ2v) is 7.88. The molecule has 9 heteroatoms. The quantitative estimate of drug-likeness (QED) is 0.312. The summed E-state index contributed by atoms with van der Waals surface area (Å²) in [7, 11) is 0. The van der Waals surface area contributed by atoms with Crippen molar-refractivity contribution in [3.8, 4) is 11.4 Å². The van der Waals surface area contributed by atoms with Gasteiger partial charge in [-0.15, -0.1) is 0 Å². The van der Waals surface area contributed by atoms with Crippen LogP contribution in [0.5, 0.6) is 5.75 Å². The number of rotatable bonds is 4. The molecule has 3 N–H and O–H groups in total. The number of carbonyl (C=O) groups is 3. The van der Waals surface area contributed by atoms with Crippen molar-refractivity contribution < 1.29 is 24.6 Å². The van der Waals surface area contributed by atoms with Crippen LogP contribution in [0, 0.1) is 13.8 Å². The molecule has 0 spiro atoms. The van der Waals surface area contributed by atoms with Gasteiger partial charge in [-0.05, 0) is 86.2 Å². The lowest BCUT2D eigenvalue weighted by atomic mass is 10.1. The fourth-order valence-corrected chi connectivity index (χ4v) is 4.04. The Kier molecular flexibility index (Phi) is 5.57. The zero-order valence-electron chi connectivity index (χ0n) is 17.7. The van der Waals surface area contributed by atoms with Gasteiger partial charge in [0.05, 0.1) is 11.3 Å². The van der Waals surface area contributed by atoms with E-state index in [0.717, 1.165) is 22.0 Å². The van der Waals surface area contributed by atoms with Crippen LogP contribution in [0.4, 0.5) is 5.69 Å². The molecule has 2 heterocycles. The van der Waals surface area contributed by atoms with E-state index in [1.807, 2.05) is 24.5 Å². The van der Waals surface area contributed by atoms with Crippen molar-refractivity contribution >= 4 is 46.9 Å². The second-order valence-electron chi connectivity index (χ2n) is 7.49. The summed E-state index contributed by atoms with van der Waals surface area (Å²) in [6, 6.07) is 14.3. The van der Waals surface area contributed by atoms with E-state index in [2.05, 4.69) is 5.32 Å². The Balaban J connectivity index is 1.76. The number of anilines is 1. The molecule has 33 heavy (non-hydrogen) atoms. The molecule has 0 atom stereocenters. The largest absolute Gasteiger partial charge is 0.508 e. The highest BCUT2D eigenvalue weighted by atomic mass is 32.1. The maximum absolute atomic E-state index is 13.3. The number of amides is 2. The minimum Gasteiger partial charge on any atom is -0.508 e. The number of phenols is 1. The summed E-state index contributed by atoms with van der Waals surface area (Å²) in [5.74, 6) is -2.28. The van der Waals surface area contributed by atoms with Crippen molar-refractivity contribution in [1.29, 1.82) is 0 Å². The summed E-state index contributed by atoms with van der Waals surface area (Å²) in [6.07, 6.45) is 1.49. The molecule has 1 fully saturated rings. The second kappa shape index (κ2) is 8.36. The lowest BCUT2D eigenvalue weighted by molar-refractivity contribution is -0.122. The van der Waals surface area contributed by atoms with Gasteiger partial charge < -0.3 is 14.8 Å². The molecule has 0 saturated carbocycles. The fourth-order valence-electron chi connectivity index (χ4n) is 3.76.